The maximum Gasteiger partial charge on any atom is 0.673 e. The second-order valence-electron chi connectivity index (χ2n) is 7.13. The van der Waals surface area contributed by atoms with E-state index in [1.807, 2.05) is 12.1 Å². The van der Waals surface area contributed by atoms with Crippen molar-refractivity contribution in [2.45, 2.75) is 75.5 Å². The molecule has 0 spiro atoms. The normalized spacial score (nSPS) is 20.2. The third kappa shape index (κ3) is 7.64. The van der Waals surface area contributed by atoms with Crippen LogP contribution in [-0.2, 0) is 0 Å². The summed E-state index contributed by atoms with van der Waals surface area (Å²) in [5.74, 6) is -0.0309. The fourth-order valence-electron chi connectivity index (χ4n) is 4.30. The summed E-state index contributed by atoms with van der Waals surface area (Å²) in [4.78, 5) is 0. The largest absolute Gasteiger partial charge is 0.673 e. The average molecular weight is 380 g/mol. The van der Waals surface area contributed by atoms with Gasteiger partial charge in [0, 0.05) is 14.0 Å². The lowest BCUT2D eigenvalue weighted by Crippen LogP contribution is -2.26. The standard InChI is InChI=1S/C18H26FP.BF4/c19-15-8-7-13-18(14-15)20(16-9-3-1-4-10-16)17-11-5-2-6-12-17;2-1(3,4)5/h7-8,13-14,16-17H,1-6,9-12H2;/q;-1/p+1. The van der Waals surface area contributed by atoms with E-state index in [2.05, 4.69) is 6.07 Å². The van der Waals surface area contributed by atoms with Crippen LogP contribution in [0.5, 0.6) is 0 Å². The van der Waals surface area contributed by atoms with Crippen LogP contribution in [0.25, 0.3) is 0 Å². The van der Waals surface area contributed by atoms with Crippen molar-refractivity contribution in [2.24, 2.45) is 0 Å². The molecule has 2 aliphatic carbocycles. The van der Waals surface area contributed by atoms with Gasteiger partial charge in [0.1, 0.15) is 5.82 Å². The Bertz CT molecular complexity index is 486. The van der Waals surface area contributed by atoms with E-state index in [1.165, 1.54) is 69.5 Å². The minimum Gasteiger partial charge on any atom is -0.418 e. The molecule has 0 bridgehead atoms. The number of rotatable bonds is 3. The first-order chi connectivity index (χ1) is 11.8. The van der Waals surface area contributed by atoms with Crippen molar-refractivity contribution in [3.05, 3.63) is 30.1 Å². The molecule has 0 saturated heterocycles. The van der Waals surface area contributed by atoms with Gasteiger partial charge in [0.25, 0.3) is 0 Å². The van der Waals surface area contributed by atoms with Crippen LogP contribution in [0.3, 0.4) is 0 Å². The molecule has 2 saturated carbocycles. The first-order valence-electron chi connectivity index (χ1n) is 9.34. The van der Waals surface area contributed by atoms with Crippen molar-refractivity contribution < 1.29 is 21.7 Å². The van der Waals surface area contributed by atoms with E-state index in [-0.39, 0.29) is 5.82 Å². The van der Waals surface area contributed by atoms with Crippen LogP contribution in [0.1, 0.15) is 64.2 Å². The van der Waals surface area contributed by atoms with Gasteiger partial charge < -0.3 is 17.3 Å². The zero-order valence-electron chi connectivity index (χ0n) is 14.5. The SMILES string of the molecule is F[B-](F)(F)F.Fc1cccc([PH+](C2CCCCC2)C2CCCCC2)c1. The van der Waals surface area contributed by atoms with E-state index in [9.17, 15) is 21.7 Å². The highest BCUT2D eigenvalue weighted by Crippen LogP contribution is 2.54. The van der Waals surface area contributed by atoms with Gasteiger partial charge in [0.05, 0.1) is 16.6 Å². The number of halogens is 5. The third-order valence-electron chi connectivity index (χ3n) is 5.25. The Balaban J connectivity index is 0.000000399. The predicted molar refractivity (Wildman–Crippen MR) is 98.3 cm³/mol. The molecule has 0 amide bonds. The molecule has 0 unspecified atom stereocenters. The molecule has 0 aromatic heterocycles. The molecular weight excluding hydrogens is 353 g/mol. The van der Waals surface area contributed by atoms with Crippen LogP contribution in [0.2, 0.25) is 0 Å². The number of hydrogen-bond donors (Lipinski definition) is 0. The fourth-order valence-corrected chi connectivity index (χ4v) is 8.56. The quantitative estimate of drug-likeness (QED) is 0.314. The van der Waals surface area contributed by atoms with Gasteiger partial charge in [-0.05, 0) is 63.5 Å². The third-order valence-corrected chi connectivity index (χ3v) is 9.14. The van der Waals surface area contributed by atoms with E-state index in [1.54, 1.807) is 6.07 Å². The summed E-state index contributed by atoms with van der Waals surface area (Å²) < 4.78 is 52.7. The molecule has 1 aromatic carbocycles. The molecule has 2 fully saturated rings. The molecule has 142 valence electrons. The lowest BCUT2D eigenvalue weighted by molar-refractivity contribution is 0.368. The topological polar surface area (TPSA) is 0 Å². The summed E-state index contributed by atoms with van der Waals surface area (Å²) in [5, 5.41) is 1.38. The van der Waals surface area contributed by atoms with Crippen LogP contribution >= 0.6 is 7.92 Å². The van der Waals surface area contributed by atoms with Crippen molar-refractivity contribution in [2.75, 3.05) is 0 Å². The van der Waals surface area contributed by atoms with Gasteiger partial charge in [-0.3, -0.25) is 0 Å². The summed E-state index contributed by atoms with van der Waals surface area (Å²) in [6, 6.07) is 7.61. The van der Waals surface area contributed by atoms with Crippen LogP contribution in [-0.4, -0.2) is 18.6 Å². The van der Waals surface area contributed by atoms with Gasteiger partial charge in [0.2, 0.25) is 0 Å². The van der Waals surface area contributed by atoms with Crippen LogP contribution < -0.4 is 5.30 Å². The highest BCUT2D eigenvalue weighted by molar-refractivity contribution is 7.67. The minimum atomic E-state index is -6.00. The molecule has 0 nitrogen and oxygen atoms in total. The van der Waals surface area contributed by atoms with Crippen LogP contribution in [0.15, 0.2) is 24.3 Å². The monoisotopic (exact) mass is 380 g/mol. The molecule has 25 heavy (non-hydrogen) atoms. The zero-order chi connectivity index (χ0) is 18.3. The summed E-state index contributed by atoms with van der Waals surface area (Å²) in [5.41, 5.74) is 1.80. The van der Waals surface area contributed by atoms with E-state index in [0.717, 1.165) is 11.3 Å². The highest BCUT2D eigenvalue weighted by atomic mass is 31.1. The van der Waals surface area contributed by atoms with Crippen molar-refractivity contribution in [3.63, 3.8) is 0 Å². The Labute approximate surface area is 148 Å². The van der Waals surface area contributed by atoms with Crippen LogP contribution in [0, 0.1) is 5.82 Å². The maximum atomic E-state index is 13.7. The summed E-state index contributed by atoms with van der Waals surface area (Å²) >= 11 is 0. The molecule has 0 radical (unpaired) electrons. The van der Waals surface area contributed by atoms with Crippen molar-refractivity contribution in [3.8, 4) is 0 Å². The van der Waals surface area contributed by atoms with Crippen molar-refractivity contribution >= 4 is 20.5 Å². The molecule has 7 heteroatoms. The second-order valence-corrected chi connectivity index (χ2v) is 10.3. The molecule has 0 aliphatic heterocycles. The van der Waals surface area contributed by atoms with Gasteiger partial charge in [-0.2, -0.15) is 0 Å². The van der Waals surface area contributed by atoms with Gasteiger partial charge in [-0.1, -0.05) is 18.9 Å². The Morgan fingerprint density at radius 2 is 1.20 bits per heavy atom. The van der Waals surface area contributed by atoms with Gasteiger partial charge >= 0.3 is 7.25 Å². The number of hydrogen-bond acceptors (Lipinski definition) is 0. The van der Waals surface area contributed by atoms with Gasteiger partial charge in [-0.25, -0.2) is 4.39 Å². The fraction of sp³-hybridized carbons (Fsp3) is 0.667. The Kier molecular flexibility index (Phi) is 8.18. The Morgan fingerprint density at radius 3 is 1.60 bits per heavy atom. The van der Waals surface area contributed by atoms with E-state index >= 15 is 0 Å². The summed E-state index contributed by atoms with van der Waals surface area (Å²) in [7, 11) is -6.59. The molecule has 0 atom stereocenters. The van der Waals surface area contributed by atoms with E-state index in [4.69, 9.17) is 0 Å². The Morgan fingerprint density at radius 1 is 0.760 bits per heavy atom. The molecule has 0 heterocycles. The molecule has 1 aromatic rings. The highest BCUT2D eigenvalue weighted by Gasteiger charge is 2.39. The summed E-state index contributed by atoms with van der Waals surface area (Å²) in [6.45, 7) is 0. The van der Waals surface area contributed by atoms with Crippen molar-refractivity contribution in [1.82, 2.24) is 0 Å². The second kappa shape index (κ2) is 9.90. The first kappa shape index (κ1) is 20.7. The molecule has 2 aliphatic rings. The van der Waals surface area contributed by atoms with Crippen molar-refractivity contribution in [1.29, 1.82) is 0 Å². The molecular formula is C18H27BF5P. The van der Waals surface area contributed by atoms with Gasteiger partial charge in [0.15, 0.2) is 0 Å². The van der Waals surface area contributed by atoms with E-state index < -0.39 is 15.2 Å². The maximum absolute atomic E-state index is 13.7. The molecule has 0 N–H and O–H groups in total. The Hall–Kier alpha value is -0.635. The van der Waals surface area contributed by atoms with Crippen LogP contribution in [0.4, 0.5) is 21.7 Å². The van der Waals surface area contributed by atoms with Gasteiger partial charge in [-0.15, -0.1) is 0 Å². The first-order valence-corrected chi connectivity index (χ1v) is 11.0. The minimum absolute atomic E-state index is 0.0309. The smallest absolute Gasteiger partial charge is 0.418 e. The molecule has 3 rings (SSSR count). The lowest BCUT2D eigenvalue weighted by atomic mass is 9.99. The predicted octanol–water partition coefficient (Wildman–Crippen LogP) is 6.63. The lowest BCUT2D eigenvalue weighted by Gasteiger charge is -2.32. The summed E-state index contributed by atoms with van der Waals surface area (Å²) in [6.07, 6.45) is 14.1. The average Bonchev–Trinajstić information content (AvgIpc) is 2.56. The number of benzene rings is 1. The zero-order valence-corrected chi connectivity index (χ0v) is 15.5. The van der Waals surface area contributed by atoms with E-state index in [0.29, 0.717) is 0 Å².